The number of fused-ring (bicyclic) bond motifs is 1. The van der Waals surface area contributed by atoms with Gasteiger partial charge in [0.1, 0.15) is 5.75 Å². The third kappa shape index (κ3) is 4.39. The Hall–Kier alpha value is -3.19. The van der Waals surface area contributed by atoms with Crippen molar-refractivity contribution >= 4 is 34.0 Å². The van der Waals surface area contributed by atoms with Gasteiger partial charge in [0.05, 0.1) is 12.8 Å². The van der Waals surface area contributed by atoms with Crippen LogP contribution in [0.4, 0.5) is 10.8 Å². The van der Waals surface area contributed by atoms with E-state index < -0.39 is 0 Å². The number of rotatable bonds is 6. The molecule has 0 radical (unpaired) electrons. The summed E-state index contributed by atoms with van der Waals surface area (Å²) in [6, 6.07) is 14.0. The molecule has 2 heterocycles. The van der Waals surface area contributed by atoms with E-state index in [1.165, 1.54) is 11.3 Å². The van der Waals surface area contributed by atoms with Gasteiger partial charge in [-0.1, -0.05) is 24.3 Å². The third-order valence-corrected chi connectivity index (χ3v) is 6.65. The molecule has 166 valence electrons. The maximum Gasteiger partial charge on any atom is 0.226 e. The molecule has 0 aliphatic carbocycles. The minimum atomic E-state index is -0.0731. The third-order valence-electron chi connectivity index (χ3n) is 5.76. The maximum atomic E-state index is 12.5. The first kappa shape index (κ1) is 22.0. The van der Waals surface area contributed by atoms with Crippen LogP contribution < -0.4 is 15.0 Å². The molecular weight excluding hydrogens is 422 g/mol. The molecule has 2 amide bonds. The molecule has 4 rings (SSSR count). The molecule has 1 aliphatic heterocycles. The first-order valence-electron chi connectivity index (χ1n) is 10.7. The average Bonchev–Trinajstić information content (AvgIpc) is 3.29. The molecule has 32 heavy (non-hydrogen) atoms. The Labute approximate surface area is 192 Å². The molecule has 6 nitrogen and oxygen atoms in total. The normalized spacial score (nSPS) is 14.9. The largest absolute Gasteiger partial charge is 0.496 e. The highest BCUT2D eigenvalue weighted by molar-refractivity contribution is 7.16. The van der Waals surface area contributed by atoms with Crippen molar-refractivity contribution in [3.05, 3.63) is 58.5 Å². The van der Waals surface area contributed by atoms with Gasteiger partial charge in [-0.15, -0.1) is 11.3 Å². The fraction of sp³-hybridized carbons (Fsp3) is 0.320. The summed E-state index contributed by atoms with van der Waals surface area (Å²) < 4.78 is 5.36. The number of nitrogens with one attached hydrogen (secondary N) is 1. The van der Waals surface area contributed by atoms with Crippen LogP contribution in [0, 0.1) is 6.92 Å². The van der Waals surface area contributed by atoms with Crippen LogP contribution in [-0.2, 0) is 22.4 Å². The number of hydrogen-bond donors (Lipinski definition) is 1. The highest BCUT2D eigenvalue weighted by atomic mass is 32.1. The Bertz CT molecular complexity index is 1170. The summed E-state index contributed by atoms with van der Waals surface area (Å²) in [5, 5.41) is 3.54. The molecular formula is C25H27N3O3S. The lowest BCUT2D eigenvalue weighted by molar-refractivity contribution is -0.117. The van der Waals surface area contributed by atoms with E-state index >= 15 is 0 Å². The van der Waals surface area contributed by atoms with Gasteiger partial charge in [0.2, 0.25) is 11.8 Å². The van der Waals surface area contributed by atoms with Crippen LogP contribution in [-0.4, -0.2) is 29.9 Å². The SMILES string of the molecule is COc1ccccc1CCC(=O)Nc1nc(-c2ccc3c(c2)CC(C)N3C(C)=O)c(C)s1. The molecule has 1 aromatic heterocycles. The molecule has 1 aliphatic rings. The van der Waals surface area contributed by atoms with Crippen molar-refractivity contribution < 1.29 is 14.3 Å². The van der Waals surface area contributed by atoms with Gasteiger partial charge in [-0.3, -0.25) is 9.59 Å². The molecule has 0 bridgehead atoms. The Morgan fingerprint density at radius 2 is 2.03 bits per heavy atom. The fourth-order valence-electron chi connectivity index (χ4n) is 4.32. The van der Waals surface area contributed by atoms with Gasteiger partial charge in [-0.05, 0) is 56.0 Å². The monoisotopic (exact) mass is 449 g/mol. The zero-order valence-corrected chi connectivity index (χ0v) is 19.6. The highest BCUT2D eigenvalue weighted by Crippen LogP contribution is 2.37. The van der Waals surface area contributed by atoms with Crippen LogP contribution in [0.2, 0.25) is 0 Å². The Morgan fingerprint density at radius 3 is 2.78 bits per heavy atom. The zero-order valence-electron chi connectivity index (χ0n) is 18.8. The number of carbonyl (C=O) groups excluding carboxylic acids is 2. The summed E-state index contributed by atoms with van der Waals surface area (Å²) >= 11 is 1.47. The average molecular weight is 450 g/mol. The van der Waals surface area contributed by atoms with E-state index in [0.717, 1.165) is 45.1 Å². The summed E-state index contributed by atoms with van der Waals surface area (Å²) in [5.41, 5.74) is 5.01. The van der Waals surface area contributed by atoms with Crippen LogP contribution in [0.5, 0.6) is 5.75 Å². The number of nitrogens with zero attached hydrogens (tertiary/aromatic N) is 2. The number of hydrogen-bond acceptors (Lipinski definition) is 5. The van der Waals surface area contributed by atoms with Crippen LogP contribution in [0.15, 0.2) is 42.5 Å². The second kappa shape index (κ2) is 9.12. The van der Waals surface area contributed by atoms with E-state index in [-0.39, 0.29) is 17.9 Å². The van der Waals surface area contributed by atoms with Crippen molar-refractivity contribution in [3.63, 3.8) is 0 Å². The second-order valence-corrected chi connectivity index (χ2v) is 9.27. The topological polar surface area (TPSA) is 71.5 Å². The van der Waals surface area contributed by atoms with E-state index in [2.05, 4.69) is 23.3 Å². The van der Waals surface area contributed by atoms with Crippen LogP contribution in [0.25, 0.3) is 11.3 Å². The molecule has 0 saturated carbocycles. The number of thiazole rings is 1. The molecule has 3 aromatic rings. The zero-order chi connectivity index (χ0) is 22.8. The first-order valence-corrected chi connectivity index (χ1v) is 11.5. The number of para-hydroxylation sites is 1. The molecule has 0 spiro atoms. The number of aryl methyl sites for hydroxylation is 2. The molecule has 0 fully saturated rings. The predicted octanol–water partition coefficient (Wildman–Crippen LogP) is 5.00. The lowest BCUT2D eigenvalue weighted by Gasteiger charge is -2.20. The smallest absolute Gasteiger partial charge is 0.226 e. The number of methoxy groups -OCH3 is 1. The Kier molecular flexibility index (Phi) is 6.28. The van der Waals surface area contributed by atoms with E-state index in [1.807, 2.05) is 48.2 Å². The maximum absolute atomic E-state index is 12.5. The van der Waals surface area contributed by atoms with Gasteiger partial charge < -0.3 is 15.0 Å². The van der Waals surface area contributed by atoms with E-state index in [9.17, 15) is 9.59 Å². The lowest BCUT2D eigenvalue weighted by Crippen LogP contribution is -2.33. The highest BCUT2D eigenvalue weighted by Gasteiger charge is 2.29. The summed E-state index contributed by atoms with van der Waals surface area (Å²) in [5.74, 6) is 0.782. The lowest BCUT2D eigenvalue weighted by atomic mass is 10.0. The van der Waals surface area contributed by atoms with Crippen molar-refractivity contribution in [1.82, 2.24) is 4.98 Å². The Morgan fingerprint density at radius 1 is 1.25 bits per heavy atom. The molecule has 1 atom stereocenters. The van der Waals surface area contributed by atoms with Gasteiger partial charge in [-0.2, -0.15) is 0 Å². The molecule has 7 heteroatoms. The molecule has 2 aromatic carbocycles. The summed E-state index contributed by atoms with van der Waals surface area (Å²) in [4.78, 5) is 32.1. The number of aromatic nitrogens is 1. The minimum Gasteiger partial charge on any atom is -0.496 e. The standard InChI is InChI=1S/C25H27N3O3S/c1-15-13-20-14-19(9-11-21(20)28(15)17(3)29)24-16(2)32-25(27-24)26-23(30)12-10-18-7-5-6-8-22(18)31-4/h5-9,11,14-15H,10,12-13H2,1-4H3,(H,26,27,30). The van der Waals surface area contributed by atoms with Crippen molar-refractivity contribution in [2.24, 2.45) is 0 Å². The fourth-order valence-corrected chi connectivity index (χ4v) is 5.17. The number of benzene rings is 2. The van der Waals surface area contributed by atoms with Gasteiger partial charge in [0.15, 0.2) is 5.13 Å². The Balaban J connectivity index is 1.46. The number of amides is 2. The van der Waals surface area contributed by atoms with E-state index in [1.54, 1.807) is 14.0 Å². The van der Waals surface area contributed by atoms with Gasteiger partial charge in [0.25, 0.3) is 0 Å². The van der Waals surface area contributed by atoms with Crippen LogP contribution >= 0.6 is 11.3 Å². The summed E-state index contributed by atoms with van der Waals surface area (Å²) in [6.07, 6.45) is 1.78. The quantitative estimate of drug-likeness (QED) is 0.575. The summed E-state index contributed by atoms with van der Waals surface area (Å²) in [6.45, 7) is 5.68. The van der Waals surface area contributed by atoms with Gasteiger partial charge in [-0.25, -0.2) is 4.98 Å². The van der Waals surface area contributed by atoms with Crippen molar-refractivity contribution in [3.8, 4) is 17.0 Å². The molecule has 1 unspecified atom stereocenters. The van der Waals surface area contributed by atoms with Gasteiger partial charge >= 0.3 is 0 Å². The van der Waals surface area contributed by atoms with Crippen LogP contribution in [0.3, 0.4) is 0 Å². The van der Waals surface area contributed by atoms with Gasteiger partial charge in [0, 0.05) is 35.5 Å². The van der Waals surface area contributed by atoms with E-state index in [4.69, 9.17) is 4.74 Å². The van der Waals surface area contributed by atoms with E-state index in [0.29, 0.717) is 18.0 Å². The molecule has 0 saturated heterocycles. The number of carbonyl (C=O) groups is 2. The predicted molar refractivity (Wildman–Crippen MR) is 129 cm³/mol. The number of anilines is 2. The first-order chi connectivity index (χ1) is 15.4. The van der Waals surface area contributed by atoms with Crippen molar-refractivity contribution in [1.29, 1.82) is 0 Å². The van der Waals surface area contributed by atoms with Crippen LogP contribution in [0.1, 0.15) is 36.3 Å². The molecule has 1 N–H and O–H groups in total. The summed E-state index contributed by atoms with van der Waals surface area (Å²) in [7, 11) is 1.63. The van der Waals surface area contributed by atoms with Crippen molar-refractivity contribution in [2.75, 3.05) is 17.3 Å². The number of ether oxygens (including phenoxy) is 1. The minimum absolute atomic E-state index is 0.0620. The second-order valence-electron chi connectivity index (χ2n) is 8.07. The van der Waals surface area contributed by atoms with Crippen molar-refractivity contribution in [2.45, 2.75) is 46.1 Å².